The molecule has 98 valence electrons. The molecule has 1 aromatic rings. The molecule has 1 aliphatic carbocycles. The fourth-order valence-corrected chi connectivity index (χ4v) is 2.92. The van der Waals surface area contributed by atoms with Gasteiger partial charge in [0.1, 0.15) is 5.75 Å². The Labute approximate surface area is 108 Å². The summed E-state index contributed by atoms with van der Waals surface area (Å²) in [5.41, 5.74) is -0.204. The lowest BCUT2D eigenvalue weighted by Crippen LogP contribution is -2.42. The van der Waals surface area contributed by atoms with Crippen molar-refractivity contribution in [2.24, 2.45) is 0 Å². The van der Waals surface area contributed by atoms with Gasteiger partial charge < -0.3 is 9.84 Å². The van der Waals surface area contributed by atoms with Crippen LogP contribution in [0.4, 0.5) is 0 Å². The van der Waals surface area contributed by atoms with Gasteiger partial charge in [-0.2, -0.15) is 0 Å². The van der Waals surface area contributed by atoms with Gasteiger partial charge in [-0.15, -0.1) is 0 Å². The van der Waals surface area contributed by atoms with Gasteiger partial charge in [-0.05, 0) is 32.3 Å². The third-order valence-electron chi connectivity index (χ3n) is 4.26. The fourth-order valence-electron chi connectivity index (χ4n) is 2.92. The first-order valence-electron chi connectivity index (χ1n) is 6.37. The van der Waals surface area contributed by atoms with Crippen molar-refractivity contribution in [1.29, 1.82) is 0 Å². The molecule has 0 amide bonds. The molecule has 1 N–H and O–H groups in total. The SMILES string of the molecule is CC(=O)Oc1ccccc1[C@]1(C)CCC[C@@]1(C)O. The molecule has 0 spiro atoms. The molecule has 0 aromatic heterocycles. The molecule has 0 aliphatic heterocycles. The minimum absolute atomic E-state index is 0.330. The minimum atomic E-state index is -0.761. The van der Waals surface area contributed by atoms with Crippen LogP contribution >= 0.6 is 0 Å². The van der Waals surface area contributed by atoms with Crippen LogP contribution in [0, 0.1) is 0 Å². The van der Waals surface area contributed by atoms with E-state index in [1.807, 2.05) is 32.0 Å². The van der Waals surface area contributed by atoms with E-state index in [1.54, 1.807) is 6.07 Å². The van der Waals surface area contributed by atoms with Gasteiger partial charge in [0.05, 0.1) is 5.60 Å². The number of carbonyl (C=O) groups is 1. The van der Waals surface area contributed by atoms with Gasteiger partial charge in [0, 0.05) is 17.9 Å². The molecule has 3 heteroatoms. The maximum Gasteiger partial charge on any atom is 0.308 e. The molecule has 2 atom stereocenters. The molecule has 1 saturated carbocycles. The molecule has 2 rings (SSSR count). The number of benzene rings is 1. The van der Waals surface area contributed by atoms with Gasteiger partial charge in [0.25, 0.3) is 0 Å². The van der Waals surface area contributed by atoms with Crippen molar-refractivity contribution in [3.63, 3.8) is 0 Å². The Morgan fingerprint density at radius 2 is 1.94 bits per heavy atom. The highest BCUT2D eigenvalue weighted by Gasteiger charge is 2.49. The fraction of sp³-hybridized carbons (Fsp3) is 0.533. The van der Waals surface area contributed by atoms with Crippen LogP contribution in [-0.2, 0) is 10.2 Å². The third kappa shape index (κ3) is 2.03. The summed E-state index contributed by atoms with van der Waals surface area (Å²) in [4.78, 5) is 11.2. The number of hydrogen-bond donors (Lipinski definition) is 1. The van der Waals surface area contributed by atoms with E-state index in [2.05, 4.69) is 0 Å². The number of hydrogen-bond acceptors (Lipinski definition) is 3. The Bertz CT molecular complexity index is 465. The molecule has 1 fully saturated rings. The molecule has 0 bridgehead atoms. The molecule has 0 radical (unpaired) electrons. The van der Waals surface area contributed by atoms with Crippen LogP contribution in [0.1, 0.15) is 45.6 Å². The van der Waals surface area contributed by atoms with E-state index < -0.39 is 5.60 Å². The van der Waals surface area contributed by atoms with Gasteiger partial charge in [0.2, 0.25) is 0 Å². The van der Waals surface area contributed by atoms with Crippen molar-refractivity contribution in [3.8, 4) is 5.75 Å². The predicted octanol–water partition coefficient (Wildman–Crippen LogP) is 2.80. The lowest BCUT2D eigenvalue weighted by atomic mass is 9.71. The van der Waals surface area contributed by atoms with E-state index in [-0.39, 0.29) is 11.4 Å². The Balaban J connectivity index is 2.47. The Morgan fingerprint density at radius 1 is 1.28 bits per heavy atom. The highest BCUT2D eigenvalue weighted by molar-refractivity contribution is 5.70. The number of rotatable bonds is 2. The van der Waals surface area contributed by atoms with Crippen LogP contribution in [0.15, 0.2) is 24.3 Å². The quantitative estimate of drug-likeness (QED) is 0.646. The minimum Gasteiger partial charge on any atom is -0.426 e. The number of esters is 1. The molecular weight excluding hydrogens is 228 g/mol. The summed E-state index contributed by atoms with van der Waals surface area (Å²) in [6.07, 6.45) is 2.66. The number of carbonyl (C=O) groups excluding carboxylic acids is 1. The largest absolute Gasteiger partial charge is 0.426 e. The Kier molecular flexibility index (Phi) is 3.20. The Hall–Kier alpha value is -1.35. The first-order valence-corrected chi connectivity index (χ1v) is 6.37. The van der Waals surface area contributed by atoms with E-state index in [4.69, 9.17) is 4.74 Å². The van der Waals surface area contributed by atoms with Crippen molar-refractivity contribution >= 4 is 5.97 Å². The summed E-state index contributed by atoms with van der Waals surface area (Å²) in [5, 5.41) is 10.6. The highest BCUT2D eigenvalue weighted by Crippen LogP contribution is 2.50. The highest BCUT2D eigenvalue weighted by atomic mass is 16.5. The average Bonchev–Trinajstić information content (AvgIpc) is 2.54. The van der Waals surface area contributed by atoms with Crippen LogP contribution in [0.3, 0.4) is 0 Å². The summed E-state index contributed by atoms with van der Waals surface area (Å²) in [6.45, 7) is 5.30. The van der Waals surface area contributed by atoms with Gasteiger partial charge in [-0.3, -0.25) is 4.79 Å². The summed E-state index contributed by atoms with van der Waals surface area (Å²) in [6, 6.07) is 7.49. The summed E-state index contributed by atoms with van der Waals surface area (Å²) < 4.78 is 5.27. The second kappa shape index (κ2) is 4.39. The summed E-state index contributed by atoms with van der Waals surface area (Å²) >= 11 is 0. The maximum atomic E-state index is 11.2. The zero-order chi connectivity index (χ0) is 13.4. The summed E-state index contributed by atoms with van der Waals surface area (Å²) in [5.74, 6) is 0.235. The lowest BCUT2D eigenvalue weighted by Gasteiger charge is -2.38. The molecule has 3 nitrogen and oxygen atoms in total. The normalized spacial score (nSPS) is 31.3. The van der Waals surface area contributed by atoms with Crippen molar-refractivity contribution in [3.05, 3.63) is 29.8 Å². The molecule has 18 heavy (non-hydrogen) atoms. The smallest absolute Gasteiger partial charge is 0.308 e. The average molecular weight is 248 g/mol. The van der Waals surface area contributed by atoms with Crippen LogP contribution < -0.4 is 4.74 Å². The first kappa shape index (κ1) is 13.1. The monoisotopic (exact) mass is 248 g/mol. The van der Waals surface area contributed by atoms with Crippen LogP contribution in [-0.4, -0.2) is 16.7 Å². The number of ether oxygens (including phenoxy) is 1. The van der Waals surface area contributed by atoms with Crippen LogP contribution in [0.2, 0.25) is 0 Å². The van der Waals surface area contributed by atoms with E-state index in [9.17, 15) is 9.90 Å². The molecule has 1 aromatic carbocycles. The van der Waals surface area contributed by atoms with Crippen LogP contribution in [0.5, 0.6) is 5.75 Å². The summed E-state index contributed by atoms with van der Waals surface area (Å²) in [7, 11) is 0. The molecule has 0 unspecified atom stereocenters. The first-order chi connectivity index (χ1) is 8.37. The Morgan fingerprint density at radius 3 is 2.50 bits per heavy atom. The van der Waals surface area contributed by atoms with Gasteiger partial charge >= 0.3 is 5.97 Å². The standard InChI is InChI=1S/C15H20O3/c1-11(16)18-13-8-5-4-7-12(13)14(2)9-6-10-15(14,3)17/h4-5,7-8,17H,6,9-10H2,1-3H3/t14-,15+/m0/s1. The van der Waals surface area contributed by atoms with E-state index >= 15 is 0 Å². The maximum absolute atomic E-state index is 11.2. The molecule has 0 heterocycles. The van der Waals surface area contributed by atoms with Crippen molar-refractivity contribution in [2.45, 2.75) is 51.0 Å². The third-order valence-corrected chi connectivity index (χ3v) is 4.26. The van der Waals surface area contributed by atoms with Crippen molar-refractivity contribution in [2.75, 3.05) is 0 Å². The topological polar surface area (TPSA) is 46.5 Å². The molecule has 0 saturated heterocycles. The van der Waals surface area contributed by atoms with Crippen molar-refractivity contribution in [1.82, 2.24) is 0 Å². The predicted molar refractivity (Wildman–Crippen MR) is 69.6 cm³/mol. The number of para-hydroxylation sites is 1. The van der Waals surface area contributed by atoms with E-state index in [0.717, 1.165) is 24.8 Å². The van der Waals surface area contributed by atoms with Crippen molar-refractivity contribution < 1.29 is 14.6 Å². The lowest BCUT2D eigenvalue weighted by molar-refractivity contribution is -0.132. The number of aliphatic hydroxyl groups is 1. The van der Waals surface area contributed by atoms with Gasteiger partial charge in [0.15, 0.2) is 0 Å². The van der Waals surface area contributed by atoms with E-state index in [1.165, 1.54) is 6.92 Å². The van der Waals surface area contributed by atoms with Gasteiger partial charge in [-0.25, -0.2) is 0 Å². The van der Waals surface area contributed by atoms with Crippen LogP contribution in [0.25, 0.3) is 0 Å². The zero-order valence-electron chi connectivity index (χ0n) is 11.2. The van der Waals surface area contributed by atoms with E-state index in [0.29, 0.717) is 5.75 Å². The second-order valence-corrected chi connectivity index (χ2v) is 5.55. The van der Waals surface area contributed by atoms with Gasteiger partial charge in [-0.1, -0.05) is 25.1 Å². The zero-order valence-corrected chi connectivity index (χ0v) is 11.2. The second-order valence-electron chi connectivity index (χ2n) is 5.55. The molecular formula is C15H20O3. The molecule has 1 aliphatic rings.